The fraction of sp³-hybridized carbons (Fsp3) is 0.833. The second-order valence-electron chi connectivity index (χ2n) is 7.64. The second kappa shape index (κ2) is 4.84. The average molecular weight is 288 g/mol. The number of hydrogen-bond donors (Lipinski definition) is 1. The Morgan fingerprint density at radius 1 is 1.33 bits per heavy atom. The van der Waals surface area contributed by atoms with Gasteiger partial charge in [0.1, 0.15) is 0 Å². The predicted octanol–water partition coefficient (Wildman–Crippen LogP) is 3.20. The Bertz CT molecular complexity index is 537. The van der Waals surface area contributed by atoms with Crippen LogP contribution in [0.15, 0.2) is 6.07 Å². The molecule has 3 fully saturated rings. The molecule has 0 radical (unpaired) electrons. The smallest absolute Gasteiger partial charge is 0.0736 e. The highest BCUT2D eigenvalue weighted by Crippen LogP contribution is 2.62. The van der Waals surface area contributed by atoms with Crippen LogP contribution in [-0.2, 0) is 19.4 Å². The van der Waals surface area contributed by atoms with Crippen molar-refractivity contribution < 1.29 is 5.11 Å². The van der Waals surface area contributed by atoms with Crippen molar-refractivity contribution in [3.8, 4) is 0 Å². The van der Waals surface area contributed by atoms with Crippen LogP contribution in [0.2, 0.25) is 0 Å². The highest BCUT2D eigenvalue weighted by atomic mass is 16.3. The summed E-state index contributed by atoms with van der Waals surface area (Å²) in [5.74, 6) is 3.12. The first-order chi connectivity index (χ1) is 10.1. The van der Waals surface area contributed by atoms with Crippen molar-refractivity contribution in [2.24, 2.45) is 23.7 Å². The third-order valence-corrected chi connectivity index (χ3v) is 6.67. The molecular weight excluding hydrogens is 260 g/mol. The number of rotatable bonds is 4. The minimum absolute atomic E-state index is 0.450. The van der Waals surface area contributed by atoms with Crippen molar-refractivity contribution in [2.45, 2.75) is 70.9 Å². The monoisotopic (exact) mass is 288 g/mol. The van der Waals surface area contributed by atoms with E-state index in [0.29, 0.717) is 5.92 Å². The molecule has 3 heteroatoms. The molecule has 1 aromatic heterocycles. The molecule has 0 aromatic carbocycles. The van der Waals surface area contributed by atoms with Crippen LogP contribution < -0.4 is 0 Å². The molecule has 0 saturated heterocycles. The summed E-state index contributed by atoms with van der Waals surface area (Å²) in [6.07, 6.45) is 8.30. The number of aryl methyl sites for hydroxylation is 2. The zero-order valence-corrected chi connectivity index (χ0v) is 13.4. The van der Waals surface area contributed by atoms with Crippen LogP contribution in [0.1, 0.15) is 57.3 Å². The van der Waals surface area contributed by atoms with Gasteiger partial charge in [0.25, 0.3) is 0 Å². The van der Waals surface area contributed by atoms with Gasteiger partial charge in [-0.3, -0.25) is 4.68 Å². The van der Waals surface area contributed by atoms with Crippen LogP contribution in [0.25, 0.3) is 0 Å². The van der Waals surface area contributed by atoms with Crippen LogP contribution in [0, 0.1) is 23.7 Å². The number of fused-ring (bicyclic) bond motifs is 5. The number of aliphatic hydroxyl groups is 1. The van der Waals surface area contributed by atoms with E-state index in [0.717, 1.165) is 49.3 Å². The van der Waals surface area contributed by atoms with Crippen LogP contribution in [0.4, 0.5) is 0 Å². The Morgan fingerprint density at radius 2 is 2.14 bits per heavy atom. The van der Waals surface area contributed by atoms with Crippen molar-refractivity contribution in [2.75, 3.05) is 0 Å². The molecule has 3 saturated carbocycles. The van der Waals surface area contributed by atoms with Crippen molar-refractivity contribution >= 4 is 0 Å². The minimum Gasteiger partial charge on any atom is -0.389 e. The summed E-state index contributed by atoms with van der Waals surface area (Å²) in [6, 6.07) is 2.22. The SMILES string of the molecule is CCc1cc(CC2(O)CC3CC2C2CCCC32)n(CC)n1. The Hall–Kier alpha value is -0.830. The van der Waals surface area contributed by atoms with Crippen molar-refractivity contribution in [3.63, 3.8) is 0 Å². The zero-order valence-electron chi connectivity index (χ0n) is 13.4. The highest BCUT2D eigenvalue weighted by molar-refractivity contribution is 5.18. The average Bonchev–Trinajstić information content (AvgIpc) is 3.18. The van der Waals surface area contributed by atoms with Gasteiger partial charge in [-0.2, -0.15) is 5.10 Å². The van der Waals surface area contributed by atoms with Crippen LogP contribution in [0.3, 0.4) is 0 Å². The number of nitrogens with zero attached hydrogens (tertiary/aromatic N) is 2. The summed E-state index contributed by atoms with van der Waals surface area (Å²) in [7, 11) is 0. The summed E-state index contributed by atoms with van der Waals surface area (Å²) in [6.45, 7) is 5.21. The van der Waals surface area contributed by atoms with Gasteiger partial charge in [-0.15, -0.1) is 0 Å². The van der Waals surface area contributed by atoms with Gasteiger partial charge in [0.15, 0.2) is 0 Å². The number of aromatic nitrogens is 2. The van der Waals surface area contributed by atoms with Gasteiger partial charge in [0, 0.05) is 18.7 Å². The Morgan fingerprint density at radius 3 is 2.90 bits per heavy atom. The largest absolute Gasteiger partial charge is 0.389 e. The van der Waals surface area contributed by atoms with Gasteiger partial charge in [-0.25, -0.2) is 0 Å². The van der Waals surface area contributed by atoms with Gasteiger partial charge in [-0.05, 0) is 68.8 Å². The summed E-state index contributed by atoms with van der Waals surface area (Å²) < 4.78 is 2.11. The third kappa shape index (κ3) is 2.00. The Kier molecular flexibility index (Phi) is 3.18. The molecule has 3 nitrogen and oxygen atoms in total. The van der Waals surface area contributed by atoms with E-state index in [1.54, 1.807) is 0 Å². The molecule has 5 atom stereocenters. The first kappa shape index (κ1) is 13.8. The van der Waals surface area contributed by atoms with E-state index in [4.69, 9.17) is 0 Å². The molecule has 116 valence electrons. The molecule has 4 rings (SSSR count). The van der Waals surface area contributed by atoms with Crippen molar-refractivity contribution in [1.29, 1.82) is 0 Å². The van der Waals surface area contributed by atoms with Crippen LogP contribution in [-0.4, -0.2) is 20.5 Å². The molecule has 2 bridgehead atoms. The lowest BCUT2D eigenvalue weighted by Gasteiger charge is -2.39. The van der Waals surface area contributed by atoms with Crippen molar-refractivity contribution in [3.05, 3.63) is 17.5 Å². The second-order valence-corrected chi connectivity index (χ2v) is 7.64. The molecule has 3 aliphatic rings. The molecule has 3 aliphatic carbocycles. The summed E-state index contributed by atoms with van der Waals surface area (Å²) in [4.78, 5) is 0. The minimum atomic E-state index is -0.450. The lowest BCUT2D eigenvalue weighted by Crippen LogP contribution is -2.43. The first-order valence-corrected chi connectivity index (χ1v) is 8.92. The lowest BCUT2D eigenvalue weighted by atomic mass is 9.71. The quantitative estimate of drug-likeness (QED) is 0.924. The van der Waals surface area contributed by atoms with Crippen LogP contribution in [0.5, 0.6) is 0 Å². The van der Waals surface area contributed by atoms with Gasteiger partial charge >= 0.3 is 0 Å². The predicted molar refractivity (Wildman–Crippen MR) is 83.0 cm³/mol. The van der Waals surface area contributed by atoms with Gasteiger partial charge in [0.05, 0.1) is 11.3 Å². The maximum Gasteiger partial charge on any atom is 0.0736 e. The first-order valence-electron chi connectivity index (χ1n) is 8.92. The van der Waals surface area contributed by atoms with Gasteiger partial charge in [0.2, 0.25) is 0 Å². The maximum atomic E-state index is 11.3. The van der Waals surface area contributed by atoms with E-state index >= 15 is 0 Å². The van der Waals surface area contributed by atoms with E-state index in [9.17, 15) is 5.11 Å². The maximum absolute atomic E-state index is 11.3. The highest BCUT2D eigenvalue weighted by Gasteiger charge is 2.60. The van der Waals surface area contributed by atoms with Crippen LogP contribution >= 0.6 is 0 Å². The summed E-state index contributed by atoms with van der Waals surface area (Å²) >= 11 is 0. The molecule has 0 spiro atoms. The van der Waals surface area contributed by atoms with Crippen molar-refractivity contribution in [1.82, 2.24) is 9.78 Å². The molecule has 0 aliphatic heterocycles. The standard InChI is InChI=1S/C18H28N2O/c1-3-13-9-14(20(4-2)19-13)11-18(21)10-12-8-17(18)16-7-5-6-15(12)16/h9,12,15-17,21H,3-8,10-11H2,1-2H3. The van der Waals surface area contributed by atoms with E-state index in [-0.39, 0.29) is 0 Å². The molecule has 0 amide bonds. The van der Waals surface area contributed by atoms with E-state index in [1.807, 2.05) is 0 Å². The van der Waals surface area contributed by atoms with Gasteiger partial charge in [-0.1, -0.05) is 13.3 Å². The Balaban J connectivity index is 1.58. The summed E-state index contributed by atoms with van der Waals surface area (Å²) in [5, 5.41) is 16.0. The van der Waals surface area contributed by atoms with E-state index < -0.39 is 5.60 Å². The topological polar surface area (TPSA) is 38.0 Å². The van der Waals surface area contributed by atoms with E-state index in [1.165, 1.54) is 31.4 Å². The lowest BCUT2D eigenvalue weighted by molar-refractivity contribution is -0.0463. The van der Waals surface area contributed by atoms with Gasteiger partial charge < -0.3 is 5.11 Å². The molecule has 5 unspecified atom stereocenters. The fourth-order valence-corrected chi connectivity index (χ4v) is 5.86. The summed E-state index contributed by atoms with van der Waals surface area (Å²) in [5.41, 5.74) is 1.96. The normalized spacial score (nSPS) is 40.9. The molecule has 21 heavy (non-hydrogen) atoms. The van der Waals surface area contributed by atoms with E-state index in [2.05, 4.69) is 29.7 Å². The third-order valence-electron chi connectivity index (χ3n) is 6.67. The fourth-order valence-electron chi connectivity index (χ4n) is 5.86. The Labute approximate surface area is 127 Å². The molecule has 1 heterocycles. The zero-order chi connectivity index (χ0) is 14.6. The molecule has 1 aromatic rings. The number of hydrogen-bond acceptors (Lipinski definition) is 2. The molecular formula is C18H28N2O. The molecule has 1 N–H and O–H groups in total.